The molecule has 0 spiro atoms. The highest BCUT2D eigenvalue weighted by atomic mass is 35.5. The minimum Gasteiger partial charge on any atom is -0.452 e. The van der Waals surface area contributed by atoms with Gasteiger partial charge in [0.15, 0.2) is 6.61 Å². The maximum Gasteiger partial charge on any atom is 0.338 e. The maximum atomic E-state index is 13.3. The van der Waals surface area contributed by atoms with Crippen molar-refractivity contribution in [2.24, 2.45) is 5.92 Å². The Labute approximate surface area is 198 Å². The van der Waals surface area contributed by atoms with Crippen molar-refractivity contribution in [2.75, 3.05) is 26.7 Å². The molecule has 1 amide bonds. The Hall–Kier alpha value is -2.49. The molecule has 0 bridgehead atoms. The number of likely N-dealkylation sites (N-methyl/N-ethyl adjacent to an activating group) is 1. The number of benzene rings is 2. The minimum absolute atomic E-state index is 0.00989. The van der Waals surface area contributed by atoms with Crippen LogP contribution in [0.3, 0.4) is 0 Å². The molecule has 0 aliphatic carbocycles. The highest BCUT2D eigenvalue weighted by Gasteiger charge is 2.31. The number of esters is 1. The van der Waals surface area contributed by atoms with Crippen LogP contribution in [-0.4, -0.2) is 56.2 Å². The first kappa shape index (κ1) is 25.1. The summed E-state index contributed by atoms with van der Waals surface area (Å²) in [5.41, 5.74) is 0.570. The largest absolute Gasteiger partial charge is 0.452 e. The predicted octanol–water partition coefficient (Wildman–Crippen LogP) is 3.72. The van der Waals surface area contributed by atoms with Crippen LogP contribution in [0.25, 0.3) is 0 Å². The number of halogens is 2. The van der Waals surface area contributed by atoms with Crippen molar-refractivity contribution in [1.29, 1.82) is 0 Å². The van der Waals surface area contributed by atoms with Gasteiger partial charge in [-0.25, -0.2) is 17.6 Å². The molecule has 1 atom stereocenters. The summed E-state index contributed by atoms with van der Waals surface area (Å²) in [6.45, 7) is 2.37. The van der Waals surface area contributed by atoms with E-state index in [1.54, 1.807) is 12.1 Å². The van der Waals surface area contributed by atoms with Gasteiger partial charge >= 0.3 is 5.97 Å². The number of nitrogens with zero attached hydrogens (tertiary/aromatic N) is 2. The van der Waals surface area contributed by atoms with E-state index in [4.69, 9.17) is 16.3 Å². The van der Waals surface area contributed by atoms with Crippen LogP contribution in [0.1, 0.15) is 35.7 Å². The van der Waals surface area contributed by atoms with Crippen molar-refractivity contribution in [1.82, 2.24) is 9.21 Å². The summed E-state index contributed by atoms with van der Waals surface area (Å²) >= 11 is 6.15. The van der Waals surface area contributed by atoms with Gasteiger partial charge in [-0.2, -0.15) is 4.31 Å². The van der Waals surface area contributed by atoms with Gasteiger partial charge < -0.3 is 9.64 Å². The number of rotatable bonds is 7. The van der Waals surface area contributed by atoms with E-state index >= 15 is 0 Å². The molecule has 1 aliphatic heterocycles. The lowest BCUT2D eigenvalue weighted by molar-refractivity contribution is -0.133. The van der Waals surface area contributed by atoms with Gasteiger partial charge in [0.05, 0.1) is 10.6 Å². The molecule has 2 aromatic carbocycles. The maximum absolute atomic E-state index is 13.3. The second kappa shape index (κ2) is 10.6. The van der Waals surface area contributed by atoms with E-state index in [1.807, 2.05) is 6.92 Å². The molecule has 1 heterocycles. The van der Waals surface area contributed by atoms with Crippen LogP contribution in [0.4, 0.5) is 4.39 Å². The Morgan fingerprint density at radius 2 is 2.00 bits per heavy atom. The summed E-state index contributed by atoms with van der Waals surface area (Å²) in [5, 5.41) is 0.00989. The average molecular weight is 497 g/mol. The summed E-state index contributed by atoms with van der Waals surface area (Å²) in [4.78, 5) is 26.0. The molecule has 1 fully saturated rings. The first-order chi connectivity index (χ1) is 15.6. The monoisotopic (exact) mass is 496 g/mol. The molecular formula is C23H26ClFN2O5S. The second-order valence-corrected chi connectivity index (χ2v) is 10.5. The van der Waals surface area contributed by atoms with Crippen LogP contribution in [0, 0.1) is 11.7 Å². The number of carbonyl (C=O) groups excluding carboxylic acids is 2. The van der Waals surface area contributed by atoms with Gasteiger partial charge in [-0.05, 0) is 54.7 Å². The Kier molecular flexibility index (Phi) is 8.10. The number of carbonyl (C=O) groups is 2. The van der Waals surface area contributed by atoms with Gasteiger partial charge in [0, 0.05) is 26.7 Å². The van der Waals surface area contributed by atoms with Crippen molar-refractivity contribution in [3.05, 3.63) is 64.4 Å². The molecule has 1 unspecified atom stereocenters. The zero-order valence-electron chi connectivity index (χ0n) is 18.5. The number of ether oxygens (including phenoxy) is 1. The van der Waals surface area contributed by atoms with Gasteiger partial charge in [0.1, 0.15) is 10.7 Å². The van der Waals surface area contributed by atoms with E-state index in [1.165, 1.54) is 46.6 Å². The van der Waals surface area contributed by atoms with E-state index in [0.29, 0.717) is 18.7 Å². The standard InChI is InChI=1S/C23H26ClFN2O5S/c1-16-5-4-10-27(13-16)33(30,31)21-12-18(8-9-20(21)24)23(29)32-15-22(28)26(2)14-17-6-3-7-19(25)11-17/h3,6-9,11-12,16H,4-5,10,13-15H2,1-2H3. The van der Waals surface area contributed by atoms with Crippen molar-refractivity contribution in [2.45, 2.75) is 31.2 Å². The normalized spacial score (nSPS) is 16.9. The highest BCUT2D eigenvalue weighted by Crippen LogP contribution is 2.29. The molecule has 0 aromatic heterocycles. The molecular weight excluding hydrogens is 471 g/mol. The first-order valence-electron chi connectivity index (χ1n) is 10.5. The number of hydrogen-bond acceptors (Lipinski definition) is 5. The molecule has 33 heavy (non-hydrogen) atoms. The Morgan fingerprint density at radius 1 is 1.24 bits per heavy atom. The predicted molar refractivity (Wildman–Crippen MR) is 122 cm³/mol. The van der Waals surface area contributed by atoms with Crippen LogP contribution in [-0.2, 0) is 26.1 Å². The number of sulfonamides is 1. The number of piperidine rings is 1. The van der Waals surface area contributed by atoms with Gasteiger partial charge in [0.2, 0.25) is 10.0 Å². The lowest BCUT2D eigenvalue weighted by atomic mass is 10.0. The lowest BCUT2D eigenvalue weighted by Crippen LogP contribution is -2.39. The molecule has 1 saturated heterocycles. The average Bonchev–Trinajstić information content (AvgIpc) is 2.77. The molecule has 0 radical (unpaired) electrons. The van der Waals surface area contributed by atoms with Crippen LogP contribution < -0.4 is 0 Å². The van der Waals surface area contributed by atoms with Crippen molar-refractivity contribution in [3.63, 3.8) is 0 Å². The van der Waals surface area contributed by atoms with E-state index in [9.17, 15) is 22.4 Å². The molecule has 178 valence electrons. The third-order valence-electron chi connectivity index (χ3n) is 5.47. The van der Waals surface area contributed by atoms with Crippen molar-refractivity contribution >= 4 is 33.5 Å². The van der Waals surface area contributed by atoms with Crippen LogP contribution in [0.2, 0.25) is 5.02 Å². The van der Waals surface area contributed by atoms with Gasteiger partial charge in [0.25, 0.3) is 5.91 Å². The van der Waals surface area contributed by atoms with Crippen molar-refractivity contribution < 1.29 is 27.1 Å². The lowest BCUT2D eigenvalue weighted by Gasteiger charge is -2.30. The SMILES string of the molecule is CC1CCCN(S(=O)(=O)c2cc(C(=O)OCC(=O)N(C)Cc3cccc(F)c3)ccc2Cl)C1. The molecule has 0 saturated carbocycles. The zero-order chi connectivity index (χ0) is 24.2. The Morgan fingerprint density at radius 3 is 2.70 bits per heavy atom. The fourth-order valence-corrected chi connectivity index (χ4v) is 5.75. The van der Waals surface area contributed by atoms with E-state index < -0.39 is 34.3 Å². The fraction of sp³-hybridized carbons (Fsp3) is 0.391. The van der Waals surface area contributed by atoms with E-state index in [2.05, 4.69) is 0 Å². The quantitative estimate of drug-likeness (QED) is 0.545. The van der Waals surface area contributed by atoms with Gasteiger partial charge in [-0.15, -0.1) is 0 Å². The van der Waals surface area contributed by atoms with Crippen LogP contribution in [0.5, 0.6) is 0 Å². The Bertz CT molecular complexity index is 1140. The van der Waals surface area contributed by atoms with E-state index in [0.717, 1.165) is 12.8 Å². The molecule has 7 nitrogen and oxygen atoms in total. The third-order valence-corrected chi connectivity index (χ3v) is 7.81. The van der Waals surface area contributed by atoms with Crippen molar-refractivity contribution in [3.8, 4) is 0 Å². The summed E-state index contributed by atoms with van der Waals surface area (Å²) < 4.78 is 45.9. The second-order valence-electron chi connectivity index (χ2n) is 8.21. The number of amides is 1. The summed E-state index contributed by atoms with van der Waals surface area (Å²) in [7, 11) is -2.37. The highest BCUT2D eigenvalue weighted by molar-refractivity contribution is 7.89. The molecule has 0 N–H and O–H groups in total. The summed E-state index contributed by atoms with van der Waals surface area (Å²) in [6, 6.07) is 9.70. The van der Waals surface area contributed by atoms with Crippen LogP contribution in [0.15, 0.2) is 47.4 Å². The minimum atomic E-state index is -3.88. The summed E-state index contributed by atoms with van der Waals surface area (Å²) in [5.74, 6) is -1.51. The molecule has 3 rings (SSSR count). The summed E-state index contributed by atoms with van der Waals surface area (Å²) in [6.07, 6.45) is 1.71. The smallest absolute Gasteiger partial charge is 0.338 e. The molecule has 1 aliphatic rings. The van der Waals surface area contributed by atoms with Gasteiger partial charge in [-0.1, -0.05) is 30.7 Å². The fourth-order valence-electron chi connectivity index (χ4n) is 3.65. The topological polar surface area (TPSA) is 84.0 Å². The molecule has 2 aromatic rings. The molecule has 10 heteroatoms. The third kappa shape index (κ3) is 6.31. The first-order valence-corrected chi connectivity index (χ1v) is 12.3. The zero-order valence-corrected chi connectivity index (χ0v) is 20.0. The number of hydrogen-bond donors (Lipinski definition) is 0. The van der Waals surface area contributed by atoms with Crippen LogP contribution >= 0.6 is 11.6 Å². The van der Waals surface area contributed by atoms with E-state index in [-0.39, 0.29) is 27.9 Å². The Balaban J connectivity index is 1.66. The van der Waals surface area contributed by atoms with Gasteiger partial charge in [-0.3, -0.25) is 4.79 Å².